The first kappa shape index (κ1) is 27.3. The molecule has 2 aliphatic rings. The minimum absolute atomic E-state index is 0.0161. The summed E-state index contributed by atoms with van der Waals surface area (Å²) in [6.07, 6.45) is 2.49. The Morgan fingerprint density at radius 2 is 1.82 bits per heavy atom. The van der Waals surface area contributed by atoms with Gasteiger partial charge in [-0.3, -0.25) is 15.1 Å². The van der Waals surface area contributed by atoms with Gasteiger partial charge in [0.25, 0.3) is 0 Å². The van der Waals surface area contributed by atoms with Crippen molar-refractivity contribution in [2.45, 2.75) is 32.6 Å². The molecule has 0 unspecified atom stereocenters. The number of carbonyl (C=O) groups excluding carboxylic acids is 1. The molecule has 1 heterocycles. The zero-order valence-electron chi connectivity index (χ0n) is 22.2. The van der Waals surface area contributed by atoms with Crippen LogP contribution in [0.3, 0.4) is 0 Å². The Balaban J connectivity index is 1.43. The van der Waals surface area contributed by atoms with Crippen molar-refractivity contribution < 1.29 is 29.3 Å². The number of fused-ring (bicyclic) bond motifs is 1. The number of halogens is 1. The zero-order valence-corrected chi connectivity index (χ0v) is 22.9. The molecule has 1 aliphatic carbocycles. The summed E-state index contributed by atoms with van der Waals surface area (Å²) < 4.78 is 11.5. The number of allylic oxidation sites excluding steroid dienone is 1. The van der Waals surface area contributed by atoms with Gasteiger partial charge in [0.15, 0.2) is 0 Å². The summed E-state index contributed by atoms with van der Waals surface area (Å²) in [6.45, 7) is 1.86. The minimum Gasteiger partial charge on any atom is -0.512 e. The Labute approximate surface area is 236 Å². The second kappa shape index (κ2) is 11.1. The first-order valence-corrected chi connectivity index (χ1v) is 13.3. The first-order valence-electron chi connectivity index (χ1n) is 13.0. The van der Waals surface area contributed by atoms with Gasteiger partial charge in [-0.25, -0.2) is 4.79 Å². The average molecular weight is 561 g/mol. The van der Waals surface area contributed by atoms with Crippen LogP contribution in [-0.2, 0) is 11.2 Å². The Hall–Kier alpha value is -4.30. The lowest BCUT2D eigenvalue weighted by Crippen LogP contribution is -2.31. The summed E-state index contributed by atoms with van der Waals surface area (Å²) in [5.41, 5.74) is 3.98. The molecule has 8 nitrogen and oxygen atoms in total. The van der Waals surface area contributed by atoms with Gasteiger partial charge in [-0.05, 0) is 79.8 Å². The third-order valence-corrected chi connectivity index (χ3v) is 7.56. The number of aryl methyl sites for hydroxylation is 2. The lowest BCUT2D eigenvalue weighted by atomic mass is 9.96. The number of aliphatic hydroxyl groups excluding tert-OH is 1. The van der Waals surface area contributed by atoms with Gasteiger partial charge in [0.05, 0.1) is 40.4 Å². The number of carboxylic acid groups (broad SMARTS) is 1. The number of hydrogen-bond donors (Lipinski definition) is 3. The molecule has 3 aromatic carbocycles. The van der Waals surface area contributed by atoms with E-state index in [0.717, 1.165) is 24.0 Å². The standard InChI is InChI=1S/C31H29ClN2O6/c1-17-4-3-5-23(32)28(17)29(33)22(30(36)18-6-7-18)16-40-21-10-12-24-19(14-21)9-13-27(35)34(24)25-11-8-20(31(37)38)15-26(25)39-2/h3-5,8,10-12,14-15,18,33,36H,6-7,9,13,16H2,1-2H3,(H,37,38)/b30-22-,33-29?. The molecule has 1 saturated carbocycles. The van der Waals surface area contributed by atoms with E-state index in [-0.39, 0.29) is 47.6 Å². The number of carboxylic acids is 1. The number of nitrogens with zero attached hydrogens (tertiary/aromatic N) is 1. The van der Waals surface area contributed by atoms with Crippen molar-refractivity contribution in [1.82, 2.24) is 0 Å². The molecule has 3 N–H and O–H groups in total. The van der Waals surface area contributed by atoms with Crippen LogP contribution in [0.15, 0.2) is 65.9 Å². The van der Waals surface area contributed by atoms with Crippen molar-refractivity contribution in [3.8, 4) is 11.5 Å². The number of ether oxygens (including phenoxy) is 2. The van der Waals surface area contributed by atoms with Crippen molar-refractivity contribution in [3.05, 3.63) is 93.2 Å². The van der Waals surface area contributed by atoms with Gasteiger partial charge in [0.1, 0.15) is 23.9 Å². The van der Waals surface area contributed by atoms with Gasteiger partial charge >= 0.3 is 5.97 Å². The Kier molecular flexibility index (Phi) is 7.54. The SMILES string of the molecule is COc1cc(C(=O)O)ccc1N1C(=O)CCc2cc(OC/C(C(=N)c3c(C)cccc3Cl)=C(/O)C3CC3)ccc21. The number of benzene rings is 3. The fraction of sp³-hybridized carbons (Fsp3) is 0.258. The van der Waals surface area contributed by atoms with E-state index in [9.17, 15) is 19.8 Å². The van der Waals surface area contributed by atoms with Crippen molar-refractivity contribution in [2.75, 3.05) is 18.6 Å². The fourth-order valence-electron chi connectivity index (χ4n) is 4.95. The van der Waals surface area contributed by atoms with E-state index >= 15 is 0 Å². The lowest BCUT2D eigenvalue weighted by Gasteiger charge is -2.31. The number of methoxy groups -OCH3 is 1. The van der Waals surface area contributed by atoms with Crippen molar-refractivity contribution in [1.29, 1.82) is 5.41 Å². The van der Waals surface area contributed by atoms with Crippen LogP contribution in [0.1, 0.15) is 46.3 Å². The van der Waals surface area contributed by atoms with Crippen molar-refractivity contribution in [3.63, 3.8) is 0 Å². The monoisotopic (exact) mass is 560 g/mol. The van der Waals surface area contributed by atoms with E-state index in [0.29, 0.717) is 39.7 Å². The van der Waals surface area contributed by atoms with Crippen LogP contribution in [0.5, 0.6) is 11.5 Å². The van der Waals surface area contributed by atoms with Crippen LogP contribution in [0, 0.1) is 18.3 Å². The molecule has 0 aromatic heterocycles. The normalized spacial score (nSPS) is 15.3. The number of hydrogen-bond acceptors (Lipinski definition) is 6. The van der Waals surface area contributed by atoms with Gasteiger partial charge in [0, 0.05) is 17.9 Å². The highest BCUT2D eigenvalue weighted by atomic mass is 35.5. The number of anilines is 2. The summed E-state index contributed by atoms with van der Waals surface area (Å²) in [6, 6.07) is 15.2. The van der Waals surface area contributed by atoms with Crippen molar-refractivity contribution in [2.24, 2.45) is 5.92 Å². The van der Waals surface area contributed by atoms with Crippen LogP contribution in [0.2, 0.25) is 5.02 Å². The van der Waals surface area contributed by atoms with Gasteiger partial charge in [-0.1, -0.05) is 23.7 Å². The number of aromatic carboxylic acids is 1. The highest BCUT2D eigenvalue weighted by Gasteiger charge is 2.32. The van der Waals surface area contributed by atoms with Gasteiger partial charge in [-0.15, -0.1) is 0 Å². The minimum atomic E-state index is -1.09. The summed E-state index contributed by atoms with van der Waals surface area (Å²) in [5, 5.41) is 29.6. The van der Waals surface area contributed by atoms with E-state index in [1.165, 1.54) is 24.1 Å². The molecule has 3 aromatic rings. The molecule has 0 bridgehead atoms. The van der Waals surface area contributed by atoms with Crippen LogP contribution in [-0.4, -0.2) is 41.5 Å². The summed E-state index contributed by atoms with van der Waals surface area (Å²) in [5.74, 6) is -0.226. The number of carbonyl (C=O) groups is 2. The van der Waals surface area contributed by atoms with E-state index in [1.807, 2.05) is 25.1 Å². The average Bonchev–Trinajstić information content (AvgIpc) is 3.78. The highest BCUT2D eigenvalue weighted by molar-refractivity contribution is 6.35. The number of amides is 1. The molecule has 0 radical (unpaired) electrons. The molecule has 1 fully saturated rings. The zero-order chi connectivity index (χ0) is 28.6. The maximum absolute atomic E-state index is 13.0. The summed E-state index contributed by atoms with van der Waals surface area (Å²) in [4.78, 5) is 26.0. The fourth-order valence-corrected chi connectivity index (χ4v) is 5.27. The quantitative estimate of drug-likeness (QED) is 0.199. The number of nitrogens with one attached hydrogen (secondary N) is 1. The third-order valence-electron chi connectivity index (χ3n) is 7.25. The molecule has 0 spiro atoms. The molecule has 206 valence electrons. The predicted molar refractivity (Wildman–Crippen MR) is 153 cm³/mol. The molecule has 0 atom stereocenters. The Morgan fingerprint density at radius 3 is 2.50 bits per heavy atom. The van der Waals surface area contributed by atoms with E-state index in [4.69, 9.17) is 26.5 Å². The molecule has 9 heteroatoms. The molecule has 5 rings (SSSR count). The third kappa shape index (κ3) is 5.27. The summed E-state index contributed by atoms with van der Waals surface area (Å²) in [7, 11) is 1.43. The van der Waals surface area contributed by atoms with Crippen molar-refractivity contribution >= 4 is 40.6 Å². The van der Waals surface area contributed by atoms with Gasteiger partial charge in [0.2, 0.25) is 5.91 Å². The van der Waals surface area contributed by atoms with E-state index in [1.54, 1.807) is 24.3 Å². The highest BCUT2D eigenvalue weighted by Crippen LogP contribution is 2.41. The predicted octanol–water partition coefficient (Wildman–Crippen LogP) is 6.64. The molecule has 40 heavy (non-hydrogen) atoms. The van der Waals surface area contributed by atoms with Crippen LogP contribution >= 0.6 is 11.6 Å². The molecule has 1 aliphatic heterocycles. The first-order chi connectivity index (χ1) is 19.2. The molecule has 1 amide bonds. The Morgan fingerprint density at radius 1 is 1.07 bits per heavy atom. The second-order valence-corrected chi connectivity index (χ2v) is 10.4. The maximum atomic E-state index is 13.0. The number of rotatable bonds is 9. The molecule has 0 saturated heterocycles. The summed E-state index contributed by atoms with van der Waals surface area (Å²) >= 11 is 6.43. The van der Waals surface area contributed by atoms with Gasteiger partial charge < -0.3 is 19.7 Å². The molecular weight excluding hydrogens is 532 g/mol. The van der Waals surface area contributed by atoms with Crippen LogP contribution < -0.4 is 14.4 Å². The Bertz CT molecular complexity index is 1540. The van der Waals surface area contributed by atoms with Crippen LogP contribution in [0.4, 0.5) is 11.4 Å². The van der Waals surface area contributed by atoms with Crippen LogP contribution in [0.25, 0.3) is 0 Å². The largest absolute Gasteiger partial charge is 0.512 e. The lowest BCUT2D eigenvalue weighted by molar-refractivity contribution is -0.118. The second-order valence-electron chi connectivity index (χ2n) is 9.94. The topological polar surface area (TPSA) is 120 Å². The van der Waals surface area contributed by atoms with Gasteiger partial charge in [-0.2, -0.15) is 0 Å². The van der Waals surface area contributed by atoms with E-state index in [2.05, 4.69) is 0 Å². The smallest absolute Gasteiger partial charge is 0.335 e. The maximum Gasteiger partial charge on any atom is 0.335 e. The van der Waals surface area contributed by atoms with E-state index < -0.39 is 5.97 Å². The molecular formula is C31H29ClN2O6. The number of aliphatic hydroxyl groups is 1.